The number of phosphoric ester groups is 2. The summed E-state index contributed by atoms with van der Waals surface area (Å²) in [7, 11) is -10.8. The third-order valence-electron chi connectivity index (χ3n) is 10.8. The Bertz CT molecular complexity index is 1520. The minimum atomic E-state index is -5.40. The third-order valence-corrected chi connectivity index (χ3v) is 12.3. The van der Waals surface area contributed by atoms with Crippen molar-refractivity contribution >= 4 is 27.6 Å². The van der Waals surface area contributed by atoms with Crippen molar-refractivity contribution in [3.05, 3.63) is 48.6 Å². The van der Waals surface area contributed by atoms with Crippen LogP contribution in [0.2, 0.25) is 0 Å². The first-order valence-corrected chi connectivity index (χ1v) is 26.5. The van der Waals surface area contributed by atoms with E-state index in [9.17, 15) is 59.4 Å². The molecule has 10 N–H and O–H groups in total. The molecule has 1 aliphatic rings. The van der Waals surface area contributed by atoms with Crippen LogP contribution in [0.3, 0.4) is 0 Å². The summed E-state index contributed by atoms with van der Waals surface area (Å²) in [5, 5.41) is 71.8. The van der Waals surface area contributed by atoms with Gasteiger partial charge in [-0.2, -0.15) is 0 Å². The number of carbonyl (C=O) groups excluding carboxylic acids is 2. The number of rotatable bonds is 38. The van der Waals surface area contributed by atoms with Gasteiger partial charge in [-0.15, -0.1) is 0 Å². The molecule has 0 saturated heterocycles. The zero-order valence-corrected chi connectivity index (χ0v) is 40.5. The molecule has 5 unspecified atom stereocenters. The molecule has 1 saturated carbocycles. The first kappa shape index (κ1) is 61.9. The SMILES string of the molecule is CCCCCCCCCCCCCCCC(=O)O[C@H](COC(=O)CCC[C@@H](O)[C@H](O)/C=C/C=C/C=C\C=C\[C@H](O)CCCCC)COP(=O)(O)O[C@H]1C(O)C(O)C(O)[C@@H](OP(=O)(O)O)C1O. The van der Waals surface area contributed by atoms with Crippen molar-refractivity contribution in [3.8, 4) is 0 Å². The van der Waals surface area contributed by atoms with Gasteiger partial charge >= 0.3 is 27.6 Å². The number of hydrogen-bond acceptors (Lipinski definition) is 16. The Morgan fingerprint density at radius 1 is 0.545 bits per heavy atom. The van der Waals surface area contributed by atoms with Gasteiger partial charge in [-0.05, 0) is 25.7 Å². The van der Waals surface area contributed by atoms with E-state index in [4.69, 9.17) is 28.3 Å². The van der Waals surface area contributed by atoms with Gasteiger partial charge in [0.25, 0.3) is 0 Å². The van der Waals surface area contributed by atoms with E-state index < -0.39 is 102 Å². The van der Waals surface area contributed by atoms with Crippen LogP contribution in [0.5, 0.6) is 0 Å². The summed E-state index contributed by atoms with van der Waals surface area (Å²) in [6.45, 7) is 2.70. The van der Waals surface area contributed by atoms with Gasteiger partial charge in [-0.1, -0.05) is 159 Å². The summed E-state index contributed by atoms with van der Waals surface area (Å²) < 4.78 is 49.1. The quantitative estimate of drug-likeness (QED) is 0.0160. The molecule has 11 atom stereocenters. The van der Waals surface area contributed by atoms with E-state index in [2.05, 4.69) is 18.4 Å². The fourth-order valence-corrected chi connectivity index (χ4v) is 8.48. The molecular formula is C45H80O19P2. The maximum absolute atomic E-state index is 13.0. The zero-order chi connectivity index (χ0) is 49.4. The van der Waals surface area contributed by atoms with Crippen LogP contribution in [0.4, 0.5) is 0 Å². The molecular weight excluding hydrogens is 906 g/mol. The fourth-order valence-electron chi connectivity index (χ4n) is 6.94. The van der Waals surface area contributed by atoms with Crippen molar-refractivity contribution in [1.82, 2.24) is 0 Å². The highest BCUT2D eigenvalue weighted by Crippen LogP contribution is 2.49. The van der Waals surface area contributed by atoms with Crippen LogP contribution in [0.15, 0.2) is 48.6 Å². The molecule has 0 bridgehead atoms. The summed E-state index contributed by atoms with van der Waals surface area (Å²) in [6.07, 6.45) is 12.8. The summed E-state index contributed by atoms with van der Waals surface area (Å²) in [5.41, 5.74) is 0. The van der Waals surface area contributed by atoms with Gasteiger partial charge in [0, 0.05) is 12.8 Å². The molecule has 1 aliphatic carbocycles. The molecule has 0 aromatic carbocycles. The fraction of sp³-hybridized carbons (Fsp3) is 0.778. The van der Waals surface area contributed by atoms with E-state index in [0.717, 1.165) is 51.4 Å². The Kier molecular flexibility index (Phi) is 33.6. The monoisotopic (exact) mass is 986 g/mol. The molecule has 384 valence electrons. The van der Waals surface area contributed by atoms with Crippen LogP contribution in [-0.2, 0) is 41.8 Å². The highest BCUT2D eigenvalue weighted by Gasteiger charge is 2.54. The number of aliphatic hydroxyl groups is 7. The lowest BCUT2D eigenvalue weighted by atomic mass is 9.85. The zero-order valence-electron chi connectivity index (χ0n) is 38.7. The summed E-state index contributed by atoms with van der Waals surface area (Å²) in [4.78, 5) is 54.3. The molecule has 0 aromatic heterocycles. The van der Waals surface area contributed by atoms with Crippen LogP contribution < -0.4 is 0 Å². The van der Waals surface area contributed by atoms with E-state index in [0.29, 0.717) is 12.8 Å². The first-order chi connectivity index (χ1) is 31.3. The van der Waals surface area contributed by atoms with Crippen LogP contribution in [0, 0.1) is 0 Å². The summed E-state index contributed by atoms with van der Waals surface area (Å²) in [5.74, 6) is -1.53. The predicted molar refractivity (Wildman–Crippen MR) is 245 cm³/mol. The number of aliphatic hydroxyl groups excluding tert-OH is 7. The summed E-state index contributed by atoms with van der Waals surface area (Å²) >= 11 is 0. The third kappa shape index (κ3) is 29.7. The number of esters is 2. The molecule has 0 aromatic rings. The van der Waals surface area contributed by atoms with Crippen LogP contribution in [0.25, 0.3) is 0 Å². The van der Waals surface area contributed by atoms with Crippen molar-refractivity contribution in [3.63, 3.8) is 0 Å². The van der Waals surface area contributed by atoms with Gasteiger partial charge in [-0.25, -0.2) is 9.13 Å². The number of hydrogen-bond donors (Lipinski definition) is 10. The molecule has 0 spiro atoms. The second kappa shape index (κ2) is 35.9. The molecule has 21 heteroatoms. The average molecular weight is 987 g/mol. The predicted octanol–water partition coefficient (Wildman–Crippen LogP) is 5.42. The first-order valence-electron chi connectivity index (χ1n) is 23.5. The summed E-state index contributed by atoms with van der Waals surface area (Å²) in [6, 6.07) is 0. The molecule has 66 heavy (non-hydrogen) atoms. The highest BCUT2D eigenvalue weighted by atomic mass is 31.2. The molecule has 1 fully saturated rings. The van der Waals surface area contributed by atoms with Crippen molar-refractivity contribution in [2.45, 2.75) is 210 Å². The molecule has 1 rings (SSSR count). The number of ether oxygens (including phenoxy) is 2. The maximum Gasteiger partial charge on any atom is 0.472 e. The topological polar surface area (TPSA) is 317 Å². The van der Waals surface area contributed by atoms with Crippen LogP contribution >= 0.6 is 15.6 Å². The van der Waals surface area contributed by atoms with Gasteiger partial charge in [0.2, 0.25) is 0 Å². The minimum Gasteiger partial charge on any atom is -0.462 e. The Balaban J connectivity index is 2.74. The Morgan fingerprint density at radius 3 is 1.59 bits per heavy atom. The van der Waals surface area contributed by atoms with E-state index in [-0.39, 0.29) is 25.7 Å². The van der Waals surface area contributed by atoms with E-state index in [1.165, 1.54) is 51.0 Å². The Hall–Kier alpha value is -2.16. The Morgan fingerprint density at radius 2 is 1.03 bits per heavy atom. The minimum absolute atomic E-state index is 0.00589. The van der Waals surface area contributed by atoms with E-state index in [1.807, 2.05) is 0 Å². The van der Waals surface area contributed by atoms with Crippen molar-refractivity contribution in [1.29, 1.82) is 0 Å². The van der Waals surface area contributed by atoms with Crippen molar-refractivity contribution < 1.29 is 92.2 Å². The number of unbranched alkanes of at least 4 members (excludes halogenated alkanes) is 14. The lowest BCUT2D eigenvalue weighted by Gasteiger charge is -2.43. The maximum atomic E-state index is 13.0. The normalized spacial score (nSPS) is 23.4. The highest BCUT2D eigenvalue weighted by molar-refractivity contribution is 7.47. The second-order valence-corrected chi connectivity index (χ2v) is 19.3. The lowest BCUT2D eigenvalue weighted by Crippen LogP contribution is -2.64. The van der Waals surface area contributed by atoms with Gasteiger partial charge in [0.05, 0.1) is 24.9 Å². The lowest BCUT2D eigenvalue weighted by molar-refractivity contribution is -0.216. The molecule has 19 nitrogen and oxygen atoms in total. The average Bonchev–Trinajstić information content (AvgIpc) is 3.26. The number of carbonyl (C=O) groups is 2. The molecule has 0 aliphatic heterocycles. The molecule has 0 amide bonds. The van der Waals surface area contributed by atoms with Gasteiger partial charge in [0.15, 0.2) is 6.10 Å². The second-order valence-electron chi connectivity index (χ2n) is 16.7. The van der Waals surface area contributed by atoms with Gasteiger partial charge in [-0.3, -0.25) is 23.2 Å². The van der Waals surface area contributed by atoms with Gasteiger partial charge in [0.1, 0.15) is 43.2 Å². The number of phosphoric acid groups is 2. The van der Waals surface area contributed by atoms with E-state index >= 15 is 0 Å². The number of allylic oxidation sites excluding steroid dienone is 6. The standard InChI is InChI=1S/C45H80O19P2/c1-3-5-7-8-9-10-11-12-13-14-15-20-24-30-39(50)62-35(33-61-66(58,59)64-45-42(53)40(51)41(52)44(43(45)54)63-65(55,56)57)32-60-38(49)31-25-29-37(48)36(47)28-23-19-17-16-18-22-27-34(46)26-21-6-4-2/h16-19,22-23,27-28,34-37,40-48,51-54H,3-15,20-21,24-26,29-33H2,1-2H3,(H,58,59)(H2,55,56,57)/b18-16-,19-17+,27-22+,28-23+/t34-,35-,36-,37-,40?,41?,42?,43?,44-,45+/m1/s1. The Labute approximate surface area is 390 Å². The largest absolute Gasteiger partial charge is 0.472 e. The van der Waals surface area contributed by atoms with E-state index in [1.54, 1.807) is 42.5 Å². The molecule has 0 heterocycles. The van der Waals surface area contributed by atoms with Crippen LogP contribution in [0.1, 0.15) is 149 Å². The smallest absolute Gasteiger partial charge is 0.462 e. The van der Waals surface area contributed by atoms with Gasteiger partial charge < -0.3 is 59.9 Å². The molecule has 0 radical (unpaired) electrons. The van der Waals surface area contributed by atoms with Crippen molar-refractivity contribution in [2.75, 3.05) is 13.2 Å². The van der Waals surface area contributed by atoms with Crippen LogP contribution in [-0.4, -0.2) is 137 Å². The van der Waals surface area contributed by atoms with Crippen molar-refractivity contribution in [2.24, 2.45) is 0 Å².